The number of oxime groups is 1. The fraction of sp³-hybridized carbons (Fsp3) is 0.267. The Morgan fingerprint density at radius 1 is 1.38 bits per heavy atom. The number of hydrogen-bond acceptors (Lipinski definition) is 6. The Kier molecular flexibility index (Phi) is 5.05. The molecular formula is C15H12Cl2N2O5. The third-order valence-corrected chi connectivity index (χ3v) is 4.61. The minimum atomic E-state index is -1.39. The van der Waals surface area contributed by atoms with Gasteiger partial charge in [-0.05, 0) is 37.6 Å². The third kappa shape index (κ3) is 3.47. The number of alkyl halides is 2. The molecule has 126 valence electrons. The Morgan fingerprint density at radius 3 is 2.50 bits per heavy atom. The topological polar surface area (TPSA) is 98.9 Å². The van der Waals surface area contributed by atoms with Gasteiger partial charge in [0.2, 0.25) is 0 Å². The molecule has 0 N–H and O–H groups in total. The van der Waals surface area contributed by atoms with Gasteiger partial charge in [0, 0.05) is 12.1 Å². The summed E-state index contributed by atoms with van der Waals surface area (Å²) in [5.41, 5.74) is 0.411. The van der Waals surface area contributed by atoms with Crippen LogP contribution in [0.2, 0.25) is 0 Å². The zero-order valence-corrected chi connectivity index (χ0v) is 14.2. The molecule has 0 spiro atoms. The normalized spacial score (nSPS) is 25.3. The second kappa shape index (κ2) is 6.70. The van der Waals surface area contributed by atoms with Crippen LogP contribution in [0, 0.1) is 10.1 Å². The lowest BCUT2D eigenvalue weighted by molar-refractivity contribution is -0.384. The average molecular weight is 371 g/mol. The zero-order chi connectivity index (χ0) is 18.1. The number of hydrogen-bond donors (Lipinski definition) is 0. The highest BCUT2D eigenvalue weighted by Crippen LogP contribution is 2.33. The molecule has 2 unspecified atom stereocenters. The molecule has 1 aromatic rings. The summed E-state index contributed by atoms with van der Waals surface area (Å²) < 4.78 is 0. The molecule has 1 aliphatic carbocycles. The van der Waals surface area contributed by atoms with Gasteiger partial charge in [-0.15, -0.1) is 23.2 Å². The lowest BCUT2D eigenvalue weighted by Gasteiger charge is -2.29. The third-order valence-electron chi connectivity index (χ3n) is 3.45. The van der Waals surface area contributed by atoms with Crippen LogP contribution in [0.25, 0.3) is 0 Å². The summed E-state index contributed by atoms with van der Waals surface area (Å²) in [6, 6.07) is 4.84. The highest BCUT2D eigenvalue weighted by atomic mass is 35.5. The van der Waals surface area contributed by atoms with Crippen LogP contribution in [0.4, 0.5) is 5.69 Å². The van der Waals surface area contributed by atoms with E-state index in [1.165, 1.54) is 37.3 Å². The van der Waals surface area contributed by atoms with E-state index in [0.717, 1.165) is 0 Å². The molecule has 0 saturated heterocycles. The molecule has 1 aliphatic rings. The summed E-state index contributed by atoms with van der Waals surface area (Å²) in [5, 5.41) is 13.3. The molecular weight excluding hydrogens is 359 g/mol. The largest absolute Gasteiger partial charge is 0.365 e. The van der Waals surface area contributed by atoms with Gasteiger partial charge in [-0.3, -0.25) is 14.9 Å². The number of carbonyl (C=O) groups is 2. The number of benzene rings is 1. The van der Waals surface area contributed by atoms with Crippen LogP contribution in [0.5, 0.6) is 0 Å². The summed E-state index contributed by atoms with van der Waals surface area (Å²) in [7, 11) is 0. The van der Waals surface area contributed by atoms with Crippen molar-refractivity contribution in [2.45, 2.75) is 24.1 Å². The summed E-state index contributed by atoms with van der Waals surface area (Å²) in [4.78, 5) is 37.3. The lowest BCUT2D eigenvalue weighted by atomic mass is 9.87. The van der Waals surface area contributed by atoms with Gasteiger partial charge in [0.05, 0.1) is 10.5 Å². The van der Waals surface area contributed by atoms with E-state index in [9.17, 15) is 19.7 Å². The first-order chi connectivity index (χ1) is 11.1. The molecule has 0 aliphatic heterocycles. The average Bonchev–Trinajstić information content (AvgIpc) is 2.55. The van der Waals surface area contributed by atoms with Crippen molar-refractivity contribution in [3.63, 3.8) is 0 Å². The predicted molar refractivity (Wildman–Crippen MR) is 88.6 cm³/mol. The summed E-state index contributed by atoms with van der Waals surface area (Å²) in [6.07, 6.45) is 1.40. The SMILES string of the molecule is CC1=C/C(=N\OC(=O)c2ccc([N+](=O)[O-])cc2)C(Cl)C(C)(Cl)C1=O. The minimum absolute atomic E-state index is 0.0808. The molecule has 0 fully saturated rings. The summed E-state index contributed by atoms with van der Waals surface area (Å²) >= 11 is 12.3. The number of nitrogens with zero attached hydrogens (tertiary/aromatic N) is 2. The van der Waals surface area contributed by atoms with Gasteiger partial charge in [0.25, 0.3) is 5.69 Å². The standard InChI is InChI=1S/C15H12Cl2N2O5/c1-8-7-11(12(16)15(2,17)13(8)20)18-24-14(21)9-3-5-10(6-4-9)19(22)23/h3-7,12H,1-2H3/b18-11+. The van der Waals surface area contributed by atoms with Gasteiger partial charge in [0.1, 0.15) is 16.0 Å². The number of allylic oxidation sites excluding steroid dienone is 2. The maximum Gasteiger partial charge on any atom is 0.365 e. The van der Waals surface area contributed by atoms with Crippen molar-refractivity contribution in [1.29, 1.82) is 0 Å². The Bertz CT molecular complexity index is 769. The molecule has 7 nitrogen and oxygen atoms in total. The van der Waals surface area contributed by atoms with Crippen LogP contribution in [0.15, 0.2) is 41.1 Å². The molecule has 0 aromatic heterocycles. The number of non-ortho nitro benzene ring substituents is 1. The zero-order valence-electron chi connectivity index (χ0n) is 12.7. The van der Waals surface area contributed by atoms with Crippen LogP contribution >= 0.6 is 23.2 Å². The highest BCUT2D eigenvalue weighted by molar-refractivity contribution is 6.50. The van der Waals surface area contributed by atoms with Gasteiger partial charge in [0.15, 0.2) is 5.78 Å². The van der Waals surface area contributed by atoms with Crippen molar-refractivity contribution in [1.82, 2.24) is 0 Å². The first-order valence-electron chi connectivity index (χ1n) is 6.74. The molecule has 2 rings (SSSR count). The lowest BCUT2D eigenvalue weighted by Crippen LogP contribution is -2.46. The monoisotopic (exact) mass is 370 g/mol. The summed E-state index contributed by atoms with van der Waals surface area (Å²) in [5.74, 6) is -1.15. The molecule has 9 heteroatoms. The van der Waals surface area contributed by atoms with Crippen molar-refractivity contribution in [2.75, 3.05) is 0 Å². The second-order valence-electron chi connectivity index (χ2n) is 5.29. The van der Waals surface area contributed by atoms with Crippen LogP contribution < -0.4 is 0 Å². The quantitative estimate of drug-likeness (QED) is 0.352. The molecule has 0 saturated carbocycles. The smallest absolute Gasteiger partial charge is 0.312 e. The molecule has 0 radical (unpaired) electrons. The number of ketones is 1. The Labute approximate surface area is 147 Å². The Hall–Kier alpha value is -2.25. The number of halogens is 2. The van der Waals surface area contributed by atoms with E-state index in [4.69, 9.17) is 28.0 Å². The van der Waals surface area contributed by atoms with Gasteiger partial charge in [-0.1, -0.05) is 5.16 Å². The van der Waals surface area contributed by atoms with Crippen molar-refractivity contribution in [3.8, 4) is 0 Å². The van der Waals surface area contributed by atoms with Crippen LogP contribution in [0.3, 0.4) is 0 Å². The minimum Gasteiger partial charge on any atom is -0.312 e. The molecule has 0 amide bonds. The summed E-state index contributed by atoms with van der Waals surface area (Å²) in [6.45, 7) is 3.01. The molecule has 24 heavy (non-hydrogen) atoms. The van der Waals surface area contributed by atoms with Gasteiger partial charge < -0.3 is 4.84 Å². The van der Waals surface area contributed by atoms with E-state index >= 15 is 0 Å². The van der Waals surface area contributed by atoms with E-state index in [2.05, 4.69) is 5.16 Å². The van der Waals surface area contributed by atoms with Crippen molar-refractivity contribution < 1.29 is 19.3 Å². The first-order valence-corrected chi connectivity index (χ1v) is 7.55. The maximum absolute atomic E-state index is 11.9. The van der Waals surface area contributed by atoms with Crippen molar-refractivity contribution in [2.24, 2.45) is 5.16 Å². The highest BCUT2D eigenvalue weighted by Gasteiger charge is 2.44. The second-order valence-corrected chi connectivity index (χ2v) is 6.52. The van der Waals surface area contributed by atoms with Crippen LogP contribution in [-0.4, -0.2) is 32.6 Å². The molecule has 2 atom stereocenters. The predicted octanol–water partition coefficient (Wildman–Crippen LogP) is 3.24. The molecule has 1 aromatic carbocycles. The molecule has 0 bridgehead atoms. The Morgan fingerprint density at radius 2 is 1.96 bits per heavy atom. The van der Waals surface area contributed by atoms with E-state index < -0.39 is 21.1 Å². The van der Waals surface area contributed by atoms with Gasteiger partial charge in [-0.2, -0.15) is 0 Å². The first kappa shape index (κ1) is 18.1. The number of nitro groups is 1. The van der Waals surface area contributed by atoms with Crippen LogP contribution in [-0.2, 0) is 9.63 Å². The number of rotatable bonds is 3. The van der Waals surface area contributed by atoms with Crippen molar-refractivity contribution >= 4 is 46.4 Å². The number of Topliss-reactive ketones (excluding diaryl/α,β-unsaturated/α-hetero) is 1. The van der Waals surface area contributed by atoms with E-state index in [1.807, 2.05) is 0 Å². The van der Waals surface area contributed by atoms with E-state index in [1.54, 1.807) is 6.92 Å². The van der Waals surface area contributed by atoms with E-state index in [-0.39, 0.29) is 22.7 Å². The van der Waals surface area contributed by atoms with Gasteiger partial charge >= 0.3 is 5.97 Å². The maximum atomic E-state index is 11.9. The fourth-order valence-corrected chi connectivity index (χ4v) is 2.54. The van der Waals surface area contributed by atoms with Crippen molar-refractivity contribution in [3.05, 3.63) is 51.6 Å². The van der Waals surface area contributed by atoms with E-state index in [0.29, 0.717) is 5.57 Å². The number of carbonyl (C=O) groups excluding carboxylic acids is 2. The van der Waals surface area contributed by atoms with Gasteiger partial charge in [-0.25, -0.2) is 4.79 Å². The fourth-order valence-electron chi connectivity index (χ4n) is 2.08. The number of nitro benzene ring substituents is 1. The molecule has 0 heterocycles. The Balaban J connectivity index is 2.19. The van der Waals surface area contributed by atoms with Crippen LogP contribution in [0.1, 0.15) is 24.2 Å².